The fourth-order valence-electron chi connectivity index (χ4n) is 2.35. The number of aliphatic hydroxyl groups excluding tert-OH is 1. The lowest BCUT2D eigenvalue weighted by molar-refractivity contribution is 0.0529. The van der Waals surface area contributed by atoms with Crippen molar-refractivity contribution >= 4 is 36.0 Å². The summed E-state index contributed by atoms with van der Waals surface area (Å²) in [6.07, 6.45) is -1.14. The largest absolute Gasteiger partial charge is 0.491 e. The number of carbonyl (C=O) groups is 1. The molecule has 0 bridgehead atoms. The van der Waals surface area contributed by atoms with Crippen molar-refractivity contribution in [3.8, 4) is 5.75 Å². The molecular formula is C21H37IN4O4. The molecule has 172 valence electrons. The molecule has 0 fully saturated rings. The first kappa shape index (κ1) is 28.2. The highest BCUT2D eigenvalue weighted by Crippen LogP contribution is 2.20. The summed E-state index contributed by atoms with van der Waals surface area (Å²) >= 11 is 0. The van der Waals surface area contributed by atoms with E-state index in [4.69, 9.17) is 9.47 Å². The second-order valence-electron chi connectivity index (χ2n) is 7.83. The van der Waals surface area contributed by atoms with E-state index in [9.17, 15) is 9.90 Å². The van der Waals surface area contributed by atoms with Crippen LogP contribution in [0.4, 0.5) is 4.79 Å². The highest BCUT2D eigenvalue weighted by molar-refractivity contribution is 14.0. The van der Waals surface area contributed by atoms with Gasteiger partial charge in [0, 0.05) is 19.6 Å². The maximum Gasteiger partial charge on any atom is 0.407 e. The van der Waals surface area contributed by atoms with Gasteiger partial charge in [0.05, 0.1) is 18.8 Å². The topological polar surface area (TPSA) is 104 Å². The van der Waals surface area contributed by atoms with Crippen LogP contribution in [0.15, 0.2) is 29.3 Å². The predicted octanol–water partition coefficient (Wildman–Crippen LogP) is 3.21. The molecule has 1 unspecified atom stereocenters. The molecule has 0 heterocycles. The van der Waals surface area contributed by atoms with Gasteiger partial charge in [-0.25, -0.2) is 4.79 Å². The monoisotopic (exact) mass is 536 g/mol. The lowest BCUT2D eigenvalue weighted by atomic mass is 10.1. The summed E-state index contributed by atoms with van der Waals surface area (Å²) in [6.45, 7) is 13.1. The summed E-state index contributed by atoms with van der Waals surface area (Å²) in [7, 11) is 0. The van der Waals surface area contributed by atoms with Crippen molar-refractivity contribution in [3.63, 3.8) is 0 Å². The number of aliphatic imine (C=N–C) groups is 1. The van der Waals surface area contributed by atoms with E-state index in [0.717, 1.165) is 11.3 Å². The Morgan fingerprint density at radius 1 is 1.17 bits per heavy atom. The van der Waals surface area contributed by atoms with Crippen LogP contribution < -0.4 is 20.7 Å². The first-order valence-electron chi connectivity index (χ1n) is 10.0. The van der Waals surface area contributed by atoms with Gasteiger partial charge >= 0.3 is 6.09 Å². The van der Waals surface area contributed by atoms with Gasteiger partial charge in [-0.1, -0.05) is 12.1 Å². The minimum Gasteiger partial charge on any atom is -0.491 e. The number of aliphatic hydroxyl groups is 1. The van der Waals surface area contributed by atoms with Gasteiger partial charge in [-0.2, -0.15) is 0 Å². The van der Waals surface area contributed by atoms with Gasteiger partial charge in [-0.15, -0.1) is 24.0 Å². The van der Waals surface area contributed by atoms with Gasteiger partial charge in [0.25, 0.3) is 0 Å². The van der Waals surface area contributed by atoms with E-state index in [-0.39, 0.29) is 36.6 Å². The number of hydrogen-bond donors (Lipinski definition) is 4. The highest BCUT2D eigenvalue weighted by Gasteiger charge is 2.15. The molecule has 1 rings (SSSR count). The first-order valence-corrected chi connectivity index (χ1v) is 10.0. The first-order chi connectivity index (χ1) is 13.6. The number of halogens is 1. The Hall–Kier alpha value is -1.75. The second-order valence-corrected chi connectivity index (χ2v) is 7.83. The Labute approximate surface area is 197 Å². The molecule has 4 N–H and O–H groups in total. The third kappa shape index (κ3) is 12.7. The Morgan fingerprint density at radius 3 is 2.43 bits per heavy atom. The van der Waals surface area contributed by atoms with Crippen LogP contribution in [-0.2, 0) is 4.74 Å². The molecule has 8 nitrogen and oxygen atoms in total. The van der Waals surface area contributed by atoms with Crippen molar-refractivity contribution in [3.05, 3.63) is 29.8 Å². The zero-order valence-corrected chi connectivity index (χ0v) is 21.2. The van der Waals surface area contributed by atoms with E-state index in [1.807, 2.05) is 65.8 Å². The smallest absolute Gasteiger partial charge is 0.407 e. The molecule has 0 aliphatic carbocycles. The number of alkyl carbamates (subject to hydrolysis) is 1. The molecule has 1 amide bonds. The van der Waals surface area contributed by atoms with Gasteiger partial charge < -0.3 is 30.5 Å². The third-order valence-corrected chi connectivity index (χ3v) is 3.47. The van der Waals surface area contributed by atoms with E-state index < -0.39 is 17.8 Å². The molecule has 1 atom stereocenters. The molecule has 9 heteroatoms. The van der Waals surface area contributed by atoms with E-state index in [1.54, 1.807) is 0 Å². The normalized spacial score (nSPS) is 12.6. The van der Waals surface area contributed by atoms with Crippen molar-refractivity contribution in [2.75, 3.05) is 26.2 Å². The number of benzene rings is 1. The zero-order valence-electron chi connectivity index (χ0n) is 18.8. The molecular weight excluding hydrogens is 499 g/mol. The predicted molar refractivity (Wildman–Crippen MR) is 131 cm³/mol. The van der Waals surface area contributed by atoms with Crippen LogP contribution in [0.3, 0.4) is 0 Å². The number of ether oxygens (including phenoxy) is 2. The number of rotatable bonds is 9. The molecule has 0 aliphatic heterocycles. The van der Waals surface area contributed by atoms with Crippen molar-refractivity contribution in [1.82, 2.24) is 16.0 Å². The van der Waals surface area contributed by atoms with E-state index in [2.05, 4.69) is 20.9 Å². The van der Waals surface area contributed by atoms with Crippen molar-refractivity contribution in [1.29, 1.82) is 0 Å². The van der Waals surface area contributed by atoms with Crippen LogP contribution in [0.2, 0.25) is 0 Å². The second kappa shape index (κ2) is 14.3. The summed E-state index contributed by atoms with van der Waals surface area (Å²) in [4.78, 5) is 16.1. The van der Waals surface area contributed by atoms with Gasteiger partial charge in [0.15, 0.2) is 5.96 Å². The number of nitrogens with zero attached hydrogens (tertiary/aromatic N) is 1. The lowest BCUT2D eigenvalue weighted by Gasteiger charge is -2.20. The molecule has 0 spiro atoms. The number of amides is 1. The maximum atomic E-state index is 11.6. The summed E-state index contributed by atoms with van der Waals surface area (Å²) in [5.41, 5.74) is 0.219. The van der Waals surface area contributed by atoms with Gasteiger partial charge in [-0.05, 0) is 59.2 Å². The maximum absolute atomic E-state index is 11.6. The summed E-state index contributed by atoms with van der Waals surface area (Å²) in [6, 6.07) is 7.39. The number of hydrogen-bond acceptors (Lipinski definition) is 5. The summed E-state index contributed by atoms with van der Waals surface area (Å²) in [5, 5.41) is 19.4. The van der Waals surface area contributed by atoms with Crippen LogP contribution in [0, 0.1) is 0 Å². The zero-order chi connectivity index (χ0) is 21.9. The van der Waals surface area contributed by atoms with E-state index >= 15 is 0 Å². The van der Waals surface area contributed by atoms with Crippen LogP contribution in [0.5, 0.6) is 5.75 Å². The molecule has 0 saturated heterocycles. The van der Waals surface area contributed by atoms with E-state index in [1.165, 1.54) is 0 Å². The fourth-order valence-corrected chi connectivity index (χ4v) is 2.35. The van der Waals surface area contributed by atoms with Crippen LogP contribution in [0.1, 0.15) is 53.2 Å². The minimum absolute atomic E-state index is 0. The molecule has 1 aromatic carbocycles. The number of guanidine groups is 1. The molecule has 0 aromatic heterocycles. The average molecular weight is 536 g/mol. The number of nitrogens with one attached hydrogen (secondary N) is 3. The molecule has 0 radical (unpaired) electrons. The summed E-state index contributed by atoms with van der Waals surface area (Å²) in [5.74, 6) is 1.28. The lowest BCUT2D eigenvalue weighted by Crippen LogP contribution is -2.42. The van der Waals surface area contributed by atoms with Crippen molar-refractivity contribution < 1.29 is 19.4 Å². The third-order valence-electron chi connectivity index (χ3n) is 3.47. The Morgan fingerprint density at radius 2 is 1.83 bits per heavy atom. The SMILES string of the molecule is CCNC(=NCC(O)c1cccc(OC(C)C)c1)NCCNC(=O)OC(C)(C)C.I. The molecule has 1 aromatic rings. The van der Waals surface area contributed by atoms with Crippen LogP contribution in [0.25, 0.3) is 0 Å². The minimum atomic E-state index is -0.749. The summed E-state index contributed by atoms with van der Waals surface area (Å²) < 4.78 is 10.9. The van der Waals surface area contributed by atoms with Crippen LogP contribution in [-0.4, -0.2) is 55.0 Å². The molecule has 30 heavy (non-hydrogen) atoms. The van der Waals surface area contributed by atoms with Crippen LogP contribution >= 0.6 is 24.0 Å². The Kier molecular flexibility index (Phi) is 13.5. The van der Waals surface area contributed by atoms with Crippen molar-refractivity contribution in [2.24, 2.45) is 4.99 Å². The molecule has 0 aliphatic rings. The Balaban J connectivity index is 0.00000841. The van der Waals surface area contributed by atoms with Crippen molar-refractivity contribution in [2.45, 2.75) is 59.4 Å². The van der Waals surface area contributed by atoms with Gasteiger partial charge in [0.1, 0.15) is 11.4 Å². The average Bonchev–Trinajstić information content (AvgIpc) is 2.61. The van der Waals surface area contributed by atoms with Gasteiger partial charge in [-0.3, -0.25) is 4.99 Å². The Bertz CT molecular complexity index is 663. The van der Waals surface area contributed by atoms with E-state index in [0.29, 0.717) is 25.6 Å². The standard InChI is InChI=1S/C21H36N4O4.HI/c1-7-22-19(23-11-12-24-20(27)29-21(4,5)6)25-14-18(26)16-9-8-10-17(13-16)28-15(2)3;/h8-10,13,15,18,26H,7,11-12,14H2,1-6H3,(H,24,27)(H2,22,23,25);1H. The fraction of sp³-hybridized carbons (Fsp3) is 0.619. The highest BCUT2D eigenvalue weighted by atomic mass is 127. The quantitative estimate of drug-likeness (QED) is 0.167. The number of carbonyl (C=O) groups excluding carboxylic acids is 1. The molecule has 0 saturated carbocycles. The van der Waals surface area contributed by atoms with Gasteiger partial charge in [0.2, 0.25) is 0 Å².